The first kappa shape index (κ1) is 11.7. The van der Waals surface area contributed by atoms with Crippen molar-refractivity contribution in [3.63, 3.8) is 0 Å². The molecule has 1 saturated heterocycles. The van der Waals surface area contributed by atoms with Crippen LogP contribution in [0, 0.1) is 0 Å². The van der Waals surface area contributed by atoms with Crippen molar-refractivity contribution < 1.29 is 0 Å². The Morgan fingerprint density at radius 2 is 2.43 bits per heavy atom. The first-order chi connectivity index (χ1) is 6.86. The number of hydrazine groups is 1. The molecule has 0 saturated carbocycles. The molecule has 5 heteroatoms. The molecule has 1 aliphatic rings. The van der Waals surface area contributed by atoms with E-state index in [1.54, 1.807) is 0 Å². The lowest BCUT2D eigenvalue weighted by molar-refractivity contribution is 0.665. The van der Waals surface area contributed by atoms with E-state index in [1.807, 2.05) is 18.7 Å². The molecule has 0 aromatic carbocycles. The van der Waals surface area contributed by atoms with Gasteiger partial charge in [0.15, 0.2) is 0 Å². The van der Waals surface area contributed by atoms with Crippen LogP contribution in [0.1, 0.15) is 26.2 Å². The first-order valence-corrected chi connectivity index (χ1v) is 6.28. The van der Waals surface area contributed by atoms with Crippen LogP contribution in [-0.4, -0.2) is 30.1 Å². The molecular formula is C9H20N4S. The van der Waals surface area contributed by atoms with Crippen LogP contribution in [0.15, 0.2) is 4.99 Å². The quantitative estimate of drug-likeness (QED) is 0.281. The van der Waals surface area contributed by atoms with E-state index >= 15 is 0 Å². The molecule has 0 radical (unpaired) electrons. The van der Waals surface area contributed by atoms with Crippen LogP contribution in [0.2, 0.25) is 0 Å². The minimum atomic E-state index is 0.686. The summed E-state index contributed by atoms with van der Waals surface area (Å²) in [5, 5.41) is 3.76. The number of nitrogens with two attached hydrogens (primary N) is 1. The van der Waals surface area contributed by atoms with Crippen molar-refractivity contribution in [1.82, 2.24) is 10.7 Å². The van der Waals surface area contributed by atoms with Gasteiger partial charge >= 0.3 is 0 Å². The van der Waals surface area contributed by atoms with Gasteiger partial charge in [0.1, 0.15) is 0 Å². The zero-order chi connectivity index (χ0) is 10.2. The van der Waals surface area contributed by atoms with Gasteiger partial charge in [-0.2, -0.15) is 11.8 Å². The predicted octanol–water partition coefficient (Wildman–Crippen LogP) is 0.701. The zero-order valence-electron chi connectivity index (χ0n) is 8.75. The largest absolute Gasteiger partial charge is 0.356 e. The number of thioether (sulfide) groups is 1. The van der Waals surface area contributed by atoms with E-state index < -0.39 is 0 Å². The Balaban J connectivity index is 2.26. The Morgan fingerprint density at radius 1 is 1.57 bits per heavy atom. The summed E-state index contributed by atoms with van der Waals surface area (Å²) in [5.74, 6) is 7.32. The van der Waals surface area contributed by atoms with Gasteiger partial charge in [0, 0.05) is 11.8 Å². The lowest BCUT2D eigenvalue weighted by Gasteiger charge is -2.19. The first-order valence-electron chi connectivity index (χ1n) is 5.23. The smallest absolute Gasteiger partial charge is 0.205 e. The monoisotopic (exact) mass is 216 g/mol. The van der Waals surface area contributed by atoms with E-state index in [1.165, 1.54) is 25.0 Å². The van der Waals surface area contributed by atoms with Crippen LogP contribution < -0.4 is 16.6 Å². The summed E-state index contributed by atoms with van der Waals surface area (Å²) in [4.78, 5) is 4.40. The summed E-state index contributed by atoms with van der Waals surface area (Å²) in [6.45, 7) is 3.75. The zero-order valence-corrected chi connectivity index (χ0v) is 9.57. The molecule has 0 bridgehead atoms. The number of nitrogens with one attached hydrogen (secondary N) is 2. The standard InChI is InChI=1S/C9H20N4S/c1-2-11-9(13-10)12-7-8-5-3-4-6-14-8/h8H,2-7,10H2,1H3,(H2,11,12,13). The fraction of sp³-hybridized carbons (Fsp3) is 0.889. The number of hydrogen-bond donors (Lipinski definition) is 3. The van der Waals surface area contributed by atoms with Crippen LogP contribution in [0.4, 0.5) is 0 Å². The van der Waals surface area contributed by atoms with Gasteiger partial charge in [0.25, 0.3) is 0 Å². The highest BCUT2D eigenvalue weighted by molar-refractivity contribution is 7.99. The maximum absolute atomic E-state index is 5.32. The molecule has 1 rings (SSSR count). The van der Waals surface area contributed by atoms with Crippen LogP contribution in [0.3, 0.4) is 0 Å². The summed E-state index contributed by atoms with van der Waals surface area (Å²) < 4.78 is 0. The van der Waals surface area contributed by atoms with Gasteiger partial charge in [-0.1, -0.05) is 6.42 Å². The average Bonchev–Trinajstić information content (AvgIpc) is 2.25. The fourth-order valence-electron chi connectivity index (χ4n) is 1.46. The molecule has 0 spiro atoms. The van der Waals surface area contributed by atoms with Crippen molar-refractivity contribution in [3.8, 4) is 0 Å². The third kappa shape index (κ3) is 4.19. The molecule has 82 valence electrons. The summed E-state index contributed by atoms with van der Waals surface area (Å²) in [6, 6.07) is 0. The van der Waals surface area contributed by atoms with Crippen LogP contribution in [0.5, 0.6) is 0 Å². The van der Waals surface area contributed by atoms with Crippen molar-refractivity contribution in [2.75, 3.05) is 18.8 Å². The summed E-state index contributed by atoms with van der Waals surface area (Å²) in [7, 11) is 0. The van der Waals surface area contributed by atoms with Gasteiger partial charge in [-0.15, -0.1) is 0 Å². The normalized spacial score (nSPS) is 23.3. The minimum absolute atomic E-state index is 0.686. The molecule has 1 unspecified atom stereocenters. The van der Waals surface area contributed by atoms with E-state index in [0.717, 1.165) is 13.1 Å². The Hall–Kier alpha value is -0.420. The predicted molar refractivity (Wildman–Crippen MR) is 63.4 cm³/mol. The van der Waals surface area contributed by atoms with Gasteiger partial charge in [0.2, 0.25) is 5.96 Å². The second kappa shape index (κ2) is 6.95. The Bertz CT molecular complexity index is 178. The molecule has 0 amide bonds. The number of hydrogen-bond acceptors (Lipinski definition) is 3. The molecule has 4 nitrogen and oxygen atoms in total. The lowest BCUT2D eigenvalue weighted by atomic mass is 10.2. The van der Waals surface area contributed by atoms with Crippen molar-refractivity contribution in [1.29, 1.82) is 0 Å². The molecule has 1 fully saturated rings. The molecule has 14 heavy (non-hydrogen) atoms. The number of guanidine groups is 1. The van der Waals surface area contributed by atoms with E-state index in [2.05, 4.69) is 15.7 Å². The highest BCUT2D eigenvalue weighted by atomic mass is 32.2. The molecule has 1 heterocycles. The Kier molecular flexibility index (Phi) is 5.78. The molecule has 0 aromatic heterocycles. The van der Waals surface area contributed by atoms with Crippen molar-refractivity contribution >= 4 is 17.7 Å². The minimum Gasteiger partial charge on any atom is -0.356 e. The highest BCUT2D eigenvalue weighted by Gasteiger charge is 2.13. The van der Waals surface area contributed by atoms with Crippen molar-refractivity contribution in [3.05, 3.63) is 0 Å². The van der Waals surface area contributed by atoms with Crippen molar-refractivity contribution in [2.24, 2.45) is 10.8 Å². The van der Waals surface area contributed by atoms with Crippen LogP contribution in [-0.2, 0) is 0 Å². The van der Waals surface area contributed by atoms with Gasteiger partial charge in [-0.25, -0.2) is 5.84 Å². The Labute approximate surface area is 90.1 Å². The summed E-state index contributed by atoms with van der Waals surface area (Å²) in [5.41, 5.74) is 2.57. The molecule has 1 atom stereocenters. The van der Waals surface area contributed by atoms with Crippen molar-refractivity contribution in [2.45, 2.75) is 31.4 Å². The third-order valence-electron chi connectivity index (χ3n) is 2.21. The maximum Gasteiger partial charge on any atom is 0.205 e. The van der Waals surface area contributed by atoms with Crippen LogP contribution in [0.25, 0.3) is 0 Å². The molecule has 4 N–H and O–H groups in total. The number of aliphatic imine (C=N–C) groups is 1. The number of nitrogens with zero attached hydrogens (tertiary/aromatic N) is 1. The second-order valence-electron chi connectivity index (χ2n) is 3.35. The van der Waals surface area contributed by atoms with Crippen LogP contribution >= 0.6 is 11.8 Å². The van der Waals surface area contributed by atoms with Gasteiger partial charge in [0.05, 0.1) is 6.54 Å². The van der Waals surface area contributed by atoms with E-state index in [-0.39, 0.29) is 0 Å². The Morgan fingerprint density at radius 3 is 3.00 bits per heavy atom. The topological polar surface area (TPSA) is 62.4 Å². The van der Waals surface area contributed by atoms with Gasteiger partial charge in [-0.05, 0) is 25.5 Å². The van der Waals surface area contributed by atoms with E-state index in [4.69, 9.17) is 5.84 Å². The second-order valence-corrected chi connectivity index (χ2v) is 4.76. The maximum atomic E-state index is 5.32. The lowest BCUT2D eigenvalue weighted by Crippen LogP contribution is -2.41. The third-order valence-corrected chi connectivity index (χ3v) is 3.59. The summed E-state index contributed by atoms with van der Waals surface area (Å²) >= 11 is 2.03. The molecular weight excluding hydrogens is 196 g/mol. The SMILES string of the molecule is CCNC(=NCC1CCCCS1)NN. The molecule has 0 aliphatic carbocycles. The fourth-order valence-corrected chi connectivity index (χ4v) is 2.68. The van der Waals surface area contributed by atoms with E-state index in [0.29, 0.717) is 11.2 Å². The summed E-state index contributed by atoms with van der Waals surface area (Å²) in [6.07, 6.45) is 4.00. The van der Waals surface area contributed by atoms with Gasteiger partial charge < -0.3 is 5.32 Å². The molecule has 1 aliphatic heterocycles. The molecule has 0 aromatic rings. The van der Waals surface area contributed by atoms with E-state index in [9.17, 15) is 0 Å². The highest BCUT2D eigenvalue weighted by Crippen LogP contribution is 2.24. The van der Waals surface area contributed by atoms with Gasteiger partial charge in [-0.3, -0.25) is 10.4 Å². The number of rotatable bonds is 3. The average molecular weight is 216 g/mol.